The minimum absolute atomic E-state index is 0.0672. The molecule has 1 atom stereocenters. The summed E-state index contributed by atoms with van der Waals surface area (Å²) in [5, 5.41) is 9.72. The molecule has 32 heavy (non-hydrogen) atoms. The number of nitrogens with one attached hydrogen (secondary N) is 1. The number of rotatable bonds is 7. The fraction of sp³-hybridized carbons (Fsp3) is 0.417. The maximum Gasteiger partial charge on any atom is 0.410 e. The number of aromatic amines is 1. The second-order valence-corrected chi connectivity index (χ2v) is 8.91. The van der Waals surface area contributed by atoms with Gasteiger partial charge in [0.15, 0.2) is 11.9 Å². The first-order valence-electron chi connectivity index (χ1n) is 10.7. The number of aromatic hydroxyl groups is 1. The Hall–Kier alpha value is -3.42. The third kappa shape index (κ3) is 5.43. The number of fused-ring (bicyclic) bond motifs is 1. The Bertz CT molecular complexity index is 1120. The lowest BCUT2D eigenvalue weighted by atomic mass is 9.94. The van der Waals surface area contributed by atoms with E-state index >= 15 is 0 Å². The number of aldehydes is 1. The van der Waals surface area contributed by atoms with Crippen molar-refractivity contribution in [1.82, 2.24) is 19.9 Å². The number of imidazole rings is 1. The zero-order valence-electron chi connectivity index (χ0n) is 19.2. The van der Waals surface area contributed by atoms with E-state index in [0.717, 1.165) is 23.9 Å². The van der Waals surface area contributed by atoms with Crippen molar-refractivity contribution in [3.05, 3.63) is 41.6 Å². The molecule has 170 valence electrons. The van der Waals surface area contributed by atoms with Crippen LogP contribution in [0.5, 0.6) is 5.75 Å². The molecule has 2 N–H and O–H groups in total. The maximum absolute atomic E-state index is 12.2. The molecule has 0 radical (unpaired) electrons. The van der Waals surface area contributed by atoms with Crippen LogP contribution < -0.4 is 0 Å². The molecule has 1 aromatic carbocycles. The summed E-state index contributed by atoms with van der Waals surface area (Å²) in [4.78, 5) is 37.2. The van der Waals surface area contributed by atoms with Crippen molar-refractivity contribution in [1.29, 1.82) is 0 Å². The number of carbonyl (C=O) groups excluding carboxylic acids is 2. The van der Waals surface area contributed by atoms with Crippen LogP contribution in [-0.2, 0) is 4.74 Å². The monoisotopic (exact) mass is 438 g/mol. The molecule has 1 unspecified atom stereocenters. The SMILES string of the molecule is CCC(CCN(C)C(=O)OC(C)(C)C)c1cnc2nc(-c3ccc(O)c(C=O)c3)[nH]c2c1. The van der Waals surface area contributed by atoms with Gasteiger partial charge in [-0.1, -0.05) is 6.92 Å². The fourth-order valence-corrected chi connectivity index (χ4v) is 3.46. The zero-order valence-corrected chi connectivity index (χ0v) is 19.2. The van der Waals surface area contributed by atoms with Gasteiger partial charge in [0.1, 0.15) is 17.2 Å². The topological polar surface area (TPSA) is 108 Å². The molecule has 8 nitrogen and oxygen atoms in total. The second kappa shape index (κ2) is 9.38. The Morgan fingerprint density at radius 2 is 2.06 bits per heavy atom. The number of phenols is 1. The number of ether oxygens (including phenoxy) is 1. The summed E-state index contributed by atoms with van der Waals surface area (Å²) in [5.74, 6) is 0.728. The van der Waals surface area contributed by atoms with E-state index in [4.69, 9.17) is 4.74 Å². The lowest BCUT2D eigenvalue weighted by molar-refractivity contribution is 0.0294. The van der Waals surface area contributed by atoms with Crippen molar-refractivity contribution >= 4 is 23.5 Å². The number of hydrogen-bond acceptors (Lipinski definition) is 6. The van der Waals surface area contributed by atoms with Gasteiger partial charge in [-0.15, -0.1) is 0 Å². The van der Waals surface area contributed by atoms with Gasteiger partial charge >= 0.3 is 6.09 Å². The predicted octanol–water partition coefficient (Wildman–Crippen LogP) is 4.89. The van der Waals surface area contributed by atoms with E-state index in [2.05, 4.69) is 21.9 Å². The molecule has 1 amide bonds. The van der Waals surface area contributed by atoms with Gasteiger partial charge in [0.25, 0.3) is 0 Å². The van der Waals surface area contributed by atoms with Gasteiger partial charge in [-0.05, 0) is 69.4 Å². The van der Waals surface area contributed by atoms with E-state index in [0.29, 0.717) is 29.9 Å². The standard InChI is InChI=1S/C24H30N4O4/c1-6-15(9-10-28(5)23(31)32-24(2,3)4)17-12-19-22(25-13-17)27-21(26-19)16-7-8-20(30)18(11-16)14-29/h7-8,11-15,30H,6,9-10H2,1-5H3,(H,25,26,27). The number of benzene rings is 1. The normalized spacial score (nSPS) is 12.5. The molecule has 0 fully saturated rings. The number of phenolic OH excluding ortho intramolecular Hbond substituents is 1. The highest BCUT2D eigenvalue weighted by Crippen LogP contribution is 2.28. The van der Waals surface area contributed by atoms with Crippen LogP contribution in [0.1, 0.15) is 62.4 Å². The van der Waals surface area contributed by atoms with Crippen LogP contribution in [0, 0.1) is 0 Å². The molecule has 0 aliphatic rings. The molecular weight excluding hydrogens is 408 g/mol. The average molecular weight is 439 g/mol. The van der Waals surface area contributed by atoms with E-state index < -0.39 is 5.60 Å². The lowest BCUT2D eigenvalue weighted by Gasteiger charge is -2.26. The average Bonchev–Trinajstić information content (AvgIpc) is 3.16. The minimum atomic E-state index is -0.521. The van der Waals surface area contributed by atoms with Gasteiger partial charge in [-0.25, -0.2) is 14.8 Å². The van der Waals surface area contributed by atoms with E-state index in [1.807, 2.05) is 33.0 Å². The summed E-state index contributed by atoms with van der Waals surface area (Å²) >= 11 is 0. The van der Waals surface area contributed by atoms with Crippen molar-refractivity contribution in [2.24, 2.45) is 0 Å². The lowest BCUT2D eigenvalue weighted by Crippen LogP contribution is -2.35. The summed E-state index contributed by atoms with van der Waals surface area (Å²) in [6.45, 7) is 8.24. The van der Waals surface area contributed by atoms with Crippen LogP contribution in [0.25, 0.3) is 22.6 Å². The molecule has 0 bridgehead atoms. The third-order valence-corrected chi connectivity index (χ3v) is 5.27. The van der Waals surface area contributed by atoms with Crippen molar-refractivity contribution in [3.8, 4) is 17.1 Å². The molecule has 2 aromatic heterocycles. The zero-order chi connectivity index (χ0) is 23.5. The number of aromatic nitrogens is 3. The second-order valence-electron chi connectivity index (χ2n) is 8.91. The van der Waals surface area contributed by atoms with Gasteiger partial charge in [0.2, 0.25) is 0 Å². The van der Waals surface area contributed by atoms with Crippen LogP contribution in [0.4, 0.5) is 4.79 Å². The van der Waals surface area contributed by atoms with Crippen LogP contribution in [0.15, 0.2) is 30.5 Å². The molecule has 0 saturated carbocycles. The fourth-order valence-electron chi connectivity index (χ4n) is 3.46. The van der Waals surface area contributed by atoms with E-state index in [9.17, 15) is 14.7 Å². The maximum atomic E-state index is 12.2. The Labute approximate surface area is 187 Å². The van der Waals surface area contributed by atoms with E-state index in [1.165, 1.54) is 6.07 Å². The van der Waals surface area contributed by atoms with Gasteiger partial charge in [-0.2, -0.15) is 0 Å². The highest BCUT2D eigenvalue weighted by Gasteiger charge is 2.21. The summed E-state index contributed by atoms with van der Waals surface area (Å²) in [7, 11) is 1.74. The molecule has 3 aromatic rings. The van der Waals surface area contributed by atoms with Crippen molar-refractivity contribution < 1.29 is 19.4 Å². The van der Waals surface area contributed by atoms with Crippen molar-refractivity contribution in [2.75, 3.05) is 13.6 Å². The number of carbonyl (C=O) groups is 2. The summed E-state index contributed by atoms with van der Waals surface area (Å²) in [6.07, 6.45) is 3.78. The summed E-state index contributed by atoms with van der Waals surface area (Å²) in [5.41, 5.74) is 2.80. The Kier molecular flexibility index (Phi) is 6.81. The number of pyridine rings is 1. The smallest absolute Gasteiger partial charge is 0.410 e. The number of amides is 1. The molecule has 3 rings (SSSR count). The Morgan fingerprint density at radius 1 is 1.31 bits per heavy atom. The molecule has 0 aliphatic heterocycles. The minimum Gasteiger partial charge on any atom is -0.507 e. The van der Waals surface area contributed by atoms with E-state index in [-0.39, 0.29) is 23.3 Å². The van der Waals surface area contributed by atoms with Crippen molar-refractivity contribution in [3.63, 3.8) is 0 Å². The molecule has 0 spiro atoms. The molecule has 0 aliphatic carbocycles. The molecule has 8 heteroatoms. The first-order valence-corrected chi connectivity index (χ1v) is 10.7. The van der Waals surface area contributed by atoms with Crippen LogP contribution >= 0.6 is 0 Å². The van der Waals surface area contributed by atoms with Crippen LogP contribution in [0.3, 0.4) is 0 Å². The van der Waals surface area contributed by atoms with Gasteiger partial charge in [0, 0.05) is 25.4 Å². The van der Waals surface area contributed by atoms with E-state index in [1.54, 1.807) is 24.1 Å². The Balaban J connectivity index is 1.76. The number of nitrogens with zero attached hydrogens (tertiary/aromatic N) is 3. The molecular formula is C24H30N4O4. The van der Waals surface area contributed by atoms with Gasteiger partial charge < -0.3 is 19.7 Å². The molecule has 0 saturated heterocycles. The number of H-pyrrole nitrogens is 1. The highest BCUT2D eigenvalue weighted by molar-refractivity contribution is 5.83. The molecule has 2 heterocycles. The first kappa shape index (κ1) is 23.2. The van der Waals surface area contributed by atoms with Crippen LogP contribution in [0.2, 0.25) is 0 Å². The Morgan fingerprint density at radius 3 is 2.72 bits per heavy atom. The van der Waals surface area contributed by atoms with Gasteiger partial charge in [-0.3, -0.25) is 4.79 Å². The summed E-state index contributed by atoms with van der Waals surface area (Å²) in [6, 6.07) is 6.78. The van der Waals surface area contributed by atoms with Crippen molar-refractivity contribution in [2.45, 2.75) is 52.1 Å². The third-order valence-electron chi connectivity index (χ3n) is 5.27. The summed E-state index contributed by atoms with van der Waals surface area (Å²) < 4.78 is 5.42. The number of hydrogen-bond donors (Lipinski definition) is 2. The quantitative estimate of drug-likeness (QED) is 0.508. The highest BCUT2D eigenvalue weighted by atomic mass is 16.6. The van der Waals surface area contributed by atoms with Gasteiger partial charge in [0.05, 0.1) is 11.1 Å². The predicted molar refractivity (Wildman–Crippen MR) is 123 cm³/mol. The first-order chi connectivity index (χ1) is 15.1. The van der Waals surface area contributed by atoms with Crippen LogP contribution in [-0.4, -0.2) is 56.5 Å². The largest absolute Gasteiger partial charge is 0.507 e.